The van der Waals surface area contributed by atoms with E-state index in [2.05, 4.69) is 15.9 Å². The van der Waals surface area contributed by atoms with Gasteiger partial charge in [0.2, 0.25) is 0 Å². The van der Waals surface area contributed by atoms with Crippen LogP contribution in [0.4, 0.5) is 5.69 Å². The molecule has 0 unspecified atom stereocenters. The number of anilines is 1. The summed E-state index contributed by atoms with van der Waals surface area (Å²) in [6.45, 7) is 0. The third-order valence-corrected chi connectivity index (χ3v) is 3.55. The van der Waals surface area contributed by atoms with E-state index >= 15 is 0 Å². The summed E-state index contributed by atoms with van der Waals surface area (Å²) in [5.74, 6) is 0.938. The van der Waals surface area contributed by atoms with E-state index in [1.54, 1.807) is 43.5 Å². The largest absolute Gasteiger partial charge is 0.497 e. The Morgan fingerprint density at radius 2 is 1.80 bits per heavy atom. The Morgan fingerprint density at radius 1 is 1.05 bits per heavy atom. The first-order chi connectivity index (χ1) is 9.56. The van der Waals surface area contributed by atoms with Crippen LogP contribution < -0.4 is 15.2 Å². The van der Waals surface area contributed by atoms with E-state index < -0.39 is 0 Å². The van der Waals surface area contributed by atoms with Crippen LogP contribution in [0.15, 0.2) is 40.9 Å². The minimum absolute atomic E-state index is 0.160. The average Bonchev–Trinajstić information content (AvgIpc) is 2.46. The van der Waals surface area contributed by atoms with Crippen molar-refractivity contribution >= 4 is 27.4 Å². The molecule has 4 nitrogen and oxygen atoms in total. The lowest BCUT2D eigenvalue weighted by Gasteiger charge is -2.11. The molecule has 0 atom stereocenters. The third-order valence-electron chi connectivity index (χ3n) is 2.89. The van der Waals surface area contributed by atoms with Crippen LogP contribution in [-0.2, 0) is 0 Å². The Balaban J connectivity index is 2.51. The van der Waals surface area contributed by atoms with Crippen LogP contribution in [-0.4, -0.2) is 20.0 Å². The lowest BCUT2D eigenvalue weighted by atomic mass is 10.0. The van der Waals surface area contributed by atoms with Crippen molar-refractivity contribution in [3.63, 3.8) is 0 Å². The minimum atomic E-state index is -0.160. The number of rotatable bonds is 4. The summed E-state index contributed by atoms with van der Waals surface area (Å²) < 4.78 is 11.0. The third kappa shape index (κ3) is 2.77. The maximum atomic E-state index is 12.6. The molecule has 0 radical (unpaired) electrons. The van der Waals surface area contributed by atoms with Crippen molar-refractivity contribution in [3.8, 4) is 11.5 Å². The number of halogens is 1. The van der Waals surface area contributed by atoms with Crippen LogP contribution >= 0.6 is 15.9 Å². The highest BCUT2D eigenvalue weighted by atomic mass is 79.9. The monoisotopic (exact) mass is 335 g/mol. The fourth-order valence-electron chi connectivity index (χ4n) is 1.85. The Bertz CT molecular complexity index is 656. The Kier molecular flexibility index (Phi) is 4.29. The average molecular weight is 336 g/mol. The molecule has 0 aliphatic heterocycles. The number of hydrogen-bond donors (Lipinski definition) is 1. The van der Waals surface area contributed by atoms with E-state index in [0.717, 1.165) is 0 Å². The molecule has 5 heteroatoms. The van der Waals surface area contributed by atoms with Gasteiger partial charge in [-0.15, -0.1) is 0 Å². The molecular formula is C15H14BrNO3. The topological polar surface area (TPSA) is 61.5 Å². The number of carbonyl (C=O) groups is 1. The van der Waals surface area contributed by atoms with E-state index in [1.165, 1.54) is 7.11 Å². The predicted molar refractivity (Wildman–Crippen MR) is 81.5 cm³/mol. The molecule has 0 aliphatic carbocycles. The second kappa shape index (κ2) is 5.96. The van der Waals surface area contributed by atoms with Crippen LogP contribution in [0.2, 0.25) is 0 Å². The molecule has 0 bridgehead atoms. The molecule has 0 heterocycles. The molecule has 20 heavy (non-hydrogen) atoms. The number of ether oxygens (including phenoxy) is 2. The van der Waals surface area contributed by atoms with Crippen molar-refractivity contribution in [2.75, 3.05) is 20.0 Å². The molecule has 0 aromatic heterocycles. The van der Waals surface area contributed by atoms with Gasteiger partial charge in [-0.2, -0.15) is 0 Å². The summed E-state index contributed by atoms with van der Waals surface area (Å²) in [5.41, 5.74) is 7.23. The van der Waals surface area contributed by atoms with Gasteiger partial charge in [0.05, 0.1) is 19.8 Å². The normalized spacial score (nSPS) is 10.2. The first-order valence-electron chi connectivity index (χ1n) is 5.88. The SMILES string of the molecule is COc1ccc(OC)c(C(=O)c2ccc(N)cc2Br)c1. The van der Waals surface area contributed by atoms with Crippen LogP contribution in [0.5, 0.6) is 11.5 Å². The van der Waals surface area contributed by atoms with Gasteiger partial charge in [-0.1, -0.05) is 0 Å². The Hall–Kier alpha value is -2.01. The highest BCUT2D eigenvalue weighted by Gasteiger charge is 2.18. The lowest BCUT2D eigenvalue weighted by molar-refractivity contribution is 0.103. The van der Waals surface area contributed by atoms with Crippen molar-refractivity contribution in [1.82, 2.24) is 0 Å². The van der Waals surface area contributed by atoms with Gasteiger partial charge in [0.1, 0.15) is 11.5 Å². The van der Waals surface area contributed by atoms with Gasteiger partial charge in [-0.3, -0.25) is 4.79 Å². The lowest BCUT2D eigenvalue weighted by Crippen LogP contribution is -2.05. The second-order valence-corrected chi connectivity index (χ2v) is 4.99. The molecule has 104 valence electrons. The first kappa shape index (κ1) is 14.4. The van der Waals surface area contributed by atoms with E-state index in [4.69, 9.17) is 15.2 Å². The molecule has 2 N–H and O–H groups in total. The van der Waals surface area contributed by atoms with Crippen molar-refractivity contribution in [2.45, 2.75) is 0 Å². The highest BCUT2D eigenvalue weighted by molar-refractivity contribution is 9.10. The standard InChI is InChI=1S/C15H14BrNO3/c1-19-10-4-6-14(20-2)12(8-10)15(18)11-5-3-9(17)7-13(11)16/h3-8H,17H2,1-2H3. The Labute approximate surface area is 125 Å². The molecule has 2 aromatic rings. The summed E-state index contributed by atoms with van der Waals surface area (Å²) in [6, 6.07) is 10.2. The van der Waals surface area contributed by atoms with Crippen molar-refractivity contribution in [1.29, 1.82) is 0 Å². The van der Waals surface area contributed by atoms with E-state index in [1.807, 2.05) is 0 Å². The fraction of sp³-hybridized carbons (Fsp3) is 0.133. The summed E-state index contributed by atoms with van der Waals surface area (Å²) >= 11 is 3.35. The van der Waals surface area contributed by atoms with Crippen LogP contribution in [0.3, 0.4) is 0 Å². The smallest absolute Gasteiger partial charge is 0.198 e. The van der Waals surface area contributed by atoms with Gasteiger partial charge in [0.15, 0.2) is 5.78 Å². The number of ketones is 1. The van der Waals surface area contributed by atoms with Crippen LogP contribution in [0.25, 0.3) is 0 Å². The first-order valence-corrected chi connectivity index (χ1v) is 6.68. The molecule has 0 spiro atoms. The number of nitrogens with two attached hydrogens (primary N) is 1. The van der Waals surface area contributed by atoms with E-state index in [-0.39, 0.29) is 5.78 Å². The van der Waals surface area contributed by atoms with Crippen LogP contribution in [0, 0.1) is 0 Å². The fourth-order valence-corrected chi connectivity index (χ4v) is 2.43. The predicted octanol–water partition coefficient (Wildman–Crippen LogP) is 3.28. The summed E-state index contributed by atoms with van der Waals surface area (Å²) in [5, 5.41) is 0. The van der Waals surface area contributed by atoms with E-state index in [0.29, 0.717) is 32.8 Å². The Morgan fingerprint density at radius 3 is 2.40 bits per heavy atom. The van der Waals surface area contributed by atoms with Gasteiger partial charge in [0, 0.05) is 15.7 Å². The van der Waals surface area contributed by atoms with Crippen molar-refractivity contribution < 1.29 is 14.3 Å². The molecule has 0 saturated heterocycles. The van der Waals surface area contributed by atoms with Gasteiger partial charge in [-0.25, -0.2) is 0 Å². The molecule has 0 amide bonds. The minimum Gasteiger partial charge on any atom is -0.497 e. The number of methoxy groups -OCH3 is 2. The molecular weight excluding hydrogens is 322 g/mol. The number of nitrogen functional groups attached to an aromatic ring is 1. The summed E-state index contributed by atoms with van der Waals surface area (Å²) in [4.78, 5) is 12.6. The van der Waals surface area contributed by atoms with Crippen molar-refractivity contribution in [3.05, 3.63) is 52.0 Å². The summed E-state index contributed by atoms with van der Waals surface area (Å²) in [7, 11) is 3.08. The number of benzene rings is 2. The maximum absolute atomic E-state index is 12.6. The zero-order valence-corrected chi connectivity index (χ0v) is 12.7. The summed E-state index contributed by atoms with van der Waals surface area (Å²) in [6.07, 6.45) is 0. The molecule has 0 fully saturated rings. The van der Waals surface area contributed by atoms with E-state index in [9.17, 15) is 4.79 Å². The highest BCUT2D eigenvalue weighted by Crippen LogP contribution is 2.29. The quantitative estimate of drug-likeness (QED) is 0.688. The molecule has 0 aliphatic rings. The van der Waals surface area contributed by atoms with Crippen molar-refractivity contribution in [2.24, 2.45) is 0 Å². The second-order valence-electron chi connectivity index (χ2n) is 4.13. The van der Waals surface area contributed by atoms with Gasteiger partial charge < -0.3 is 15.2 Å². The van der Waals surface area contributed by atoms with Gasteiger partial charge in [-0.05, 0) is 52.3 Å². The number of hydrogen-bond acceptors (Lipinski definition) is 4. The van der Waals surface area contributed by atoms with Gasteiger partial charge >= 0.3 is 0 Å². The van der Waals surface area contributed by atoms with Crippen LogP contribution in [0.1, 0.15) is 15.9 Å². The maximum Gasteiger partial charge on any atom is 0.198 e. The number of carbonyl (C=O) groups excluding carboxylic acids is 1. The molecule has 2 rings (SSSR count). The molecule has 2 aromatic carbocycles. The molecule has 0 saturated carbocycles. The van der Waals surface area contributed by atoms with Gasteiger partial charge in [0.25, 0.3) is 0 Å². The zero-order valence-electron chi connectivity index (χ0n) is 11.1. The zero-order chi connectivity index (χ0) is 14.7.